The van der Waals surface area contributed by atoms with E-state index in [4.69, 9.17) is 4.74 Å². The summed E-state index contributed by atoms with van der Waals surface area (Å²) in [6, 6.07) is 14.1. The van der Waals surface area contributed by atoms with Gasteiger partial charge in [0.05, 0.1) is 5.69 Å². The zero-order valence-electron chi connectivity index (χ0n) is 14.9. The molecule has 0 bridgehead atoms. The standard InChI is InChI=1S/C20H21N5O2/c26-20(19-22-14-23-24-19)25(17-7-10-27-11-8-17)13-15-4-3-5-16(12-15)18-6-1-2-9-21-18/h1-6,9,12,14,17H,7-8,10-11,13H2,(H,22,23,24). The number of carbonyl (C=O) groups is 1. The molecule has 0 atom stereocenters. The molecular weight excluding hydrogens is 342 g/mol. The molecule has 138 valence electrons. The van der Waals surface area contributed by atoms with Crippen LogP contribution in [0.25, 0.3) is 11.3 Å². The Morgan fingerprint density at radius 1 is 1.15 bits per heavy atom. The number of aromatic amines is 1. The maximum absolute atomic E-state index is 13.0. The normalized spacial score (nSPS) is 14.8. The van der Waals surface area contributed by atoms with Crippen LogP contribution in [0.4, 0.5) is 0 Å². The van der Waals surface area contributed by atoms with E-state index in [1.165, 1.54) is 6.33 Å². The Balaban J connectivity index is 1.60. The van der Waals surface area contributed by atoms with Crippen molar-refractivity contribution >= 4 is 5.91 Å². The summed E-state index contributed by atoms with van der Waals surface area (Å²) in [5.41, 5.74) is 3.00. The van der Waals surface area contributed by atoms with Crippen LogP contribution in [0.1, 0.15) is 29.0 Å². The van der Waals surface area contributed by atoms with Crippen LogP contribution < -0.4 is 0 Å². The lowest BCUT2D eigenvalue weighted by Crippen LogP contribution is -2.43. The highest BCUT2D eigenvalue weighted by atomic mass is 16.5. The average Bonchev–Trinajstić information content (AvgIpc) is 3.28. The molecule has 7 heteroatoms. The third-order valence-corrected chi connectivity index (χ3v) is 4.74. The van der Waals surface area contributed by atoms with Crippen molar-refractivity contribution in [2.24, 2.45) is 0 Å². The number of aromatic nitrogens is 4. The van der Waals surface area contributed by atoms with Gasteiger partial charge in [0.15, 0.2) is 0 Å². The van der Waals surface area contributed by atoms with Crippen molar-refractivity contribution in [2.45, 2.75) is 25.4 Å². The van der Waals surface area contributed by atoms with Crippen molar-refractivity contribution in [3.05, 3.63) is 66.4 Å². The molecule has 0 spiro atoms. The number of hydrogen-bond donors (Lipinski definition) is 1. The fourth-order valence-electron chi connectivity index (χ4n) is 3.36. The van der Waals surface area contributed by atoms with E-state index in [0.717, 1.165) is 29.7 Å². The first-order valence-corrected chi connectivity index (χ1v) is 9.06. The van der Waals surface area contributed by atoms with Crippen LogP contribution in [-0.2, 0) is 11.3 Å². The van der Waals surface area contributed by atoms with Crippen molar-refractivity contribution < 1.29 is 9.53 Å². The summed E-state index contributed by atoms with van der Waals surface area (Å²) in [4.78, 5) is 23.3. The van der Waals surface area contributed by atoms with Crippen molar-refractivity contribution in [1.82, 2.24) is 25.1 Å². The van der Waals surface area contributed by atoms with Gasteiger partial charge in [-0.2, -0.15) is 0 Å². The average molecular weight is 363 g/mol. The molecule has 4 rings (SSSR count). The van der Waals surface area contributed by atoms with Crippen molar-refractivity contribution in [3.8, 4) is 11.3 Å². The largest absolute Gasteiger partial charge is 0.381 e. The minimum Gasteiger partial charge on any atom is -0.381 e. The first-order valence-electron chi connectivity index (χ1n) is 9.06. The number of pyridine rings is 1. The summed E-state index contributed by atoms with van der Waals surface area (Å²) in [6.07, 6.45) is 4.84. The molecule has 1 saturated heterocycles. The lowest BCUT2D eigenvalue weighted by atomic mass is 10.0. The summed E-state index contributed by atoms with van der Waals surface area (Å²) in [5.74, 6) is 0.0359. The number of ether oxygens (including phenoxy) is 1. The second kappa shape index (κ2) is 8.09. The van der Waals surface area contributed by atoms with Crippen molar-refractivity contribution in [1.29, 1.82) is 0 Å². The van der Waals surface area contributed by atoms with Crippen LogP contribution in [0.5, 0.6) is 0 Å². The van der Waals surface area contributed by atoms with Gasteiger partial charge in [0, 0.05) is 37.6 Å². The maximum Gasteiger partial charge on any atom is 0.294 e. The molecule has 2 aromatic heterocycles. The Kier molecular flexibility index (Phi) is 5.20. The molecule has 1 amide bonds. The Labute approximate surface area is 157 Å². The number of amides is 1. The summed E-state index contributed by atoms with van der Waals surface area (Å²) in [5, 5.41) is 6.59. The number of H-pyrrole nitrogens is 1. The van der Waals surface area contributed by atoms with Gasteiger partial charge < -0.3 is 9.64 Å². The van der Waals surface area contributed by atoms with Gasteiger partial charge >= 0.3 is 0 Å². The van der Waals surface area contributed by atoms with Gasteiger partial charge in [-0.25, -0.2) is 4.98 Å². The first-order chi connectivity index (χ1) is 13.3. The molecule has 1 aliphatic rings. The van der Waals surface area contributed by atoms with E-state index in [9.17, 15) is 4.79 Å². The van der Waals surface area contributed by atoms with Gasteiger partial charge in [0.1, 0.15) is 6.33 Å². The van der Waals surface area contributed by atoms with E-state index >= 15 is 0 Å². The molecule has 0 aliphatic carbocycles. The van der Waals surface area contributed by atoms with E-state index in [1.807, 2.05) is 41.3 Å². The predicted octanol–water partition coefficient (Wildman–Crippen LogP) is 2.69. The van der Waals surface area contributed by atoms with Crippen LogP contribution in [0, 0.1) is 0 Å². The summed E-state index contributed by atoms with van der Waals surface area (Å²) < 4.78 is 5.46. The SMILES string of the molecule is O=C(c1nc[nH]n1)N(Cc1cccc(-c2ccccn2)c1)C1CCOCC1. The van der Waals surface area contributed by atoms with E-state index < -0.39 is 0 Å². The molecule has 3 aromatic rings. The Morgan fingerprint density at radius 2 is 2.04 bits per heavy atom. The third-order valence-electron chi connectivity index (χ3n) is 4.74. The van der Waals surface area contributed by atoms with Gasteiger partial charge in [-0.1, -0.05) is 24.3 Å². The number of nitrogens with one attached hydrogen (secondary N) is 1. The maximum atomic E-state index is 13.0. The molecule has 1 aliphatic heterocycles. The molecule has 0 unspecified atom stereocenters. The number of carbonyl (C=O) groups excluding carboxylic acids is 1. The van der Waals surface area contributed by atoms with E-state index in [0.29, 0.717) is 19.8 Å². The number of benzene rings is 1. The fourth-order valence-corrected chi connectivity index (χ4v) is 3.36. The van der Waals surface area contributed by atoms with E-state index in [-0.39, 0.29) is 17.8 Å². The molecular formula is C20H21N5O2. The topological polar surface area (TPSA) is 84.0 Å². The lowest BCUT2D eigenvalue weighted by Gasteiger charge is -2.33. The number of nitrogens with zero attached hydrogens (tertiary/aromatic N) is 4. The second-order valence-corrected chi connectivity index (χ2v) is 6.51. The Morgan fingerprint density at radius 3 is 2.78 bits per heavy atom. The van der Waals surface area contributed by atoms with Gasteiger partial charge in [0.25, 0.3) is 5.91 Å². The monoisotopic (exact) mass is 363 g/mol. The minimum absolute atomic E-state index is 0.114. The van der Waals surface area contributed by atoms with Crippen LogP contribution >= 0.6 is 0 Å². The molecule has 1 N–H and O–H groups in total. The molecule has 0 radical (unpaired) electrons. The van der Waals surface area contributed by atoms with Crippen LogP contribution in [0.2, 0.25) is 0 Å². The van der Waals surface area contributed by atoms with E-state index in [2.05, 4.69) is 26.2 Å². The minimum atomic E-state index is -0.161. The van der Waals surface area contributed by atoms with Gasteiger partial charge in [-0.3, -0.25) is 14.9 Å². The second-order valence-electron chi connectivity index (χ2n) is 6.51. The van der Waals surface area contributed by atoms with E-state index in [1.54, 1.807) is 6.20 Å². The molecule has 0 saturated carbocycles. The lowest BCUT2D eigenvalue weighted by molar-refractivity contribution is 0.0260. The van der Waals surface area contributed by atoms with Gasteiger partial charge in [0.2, 0.25) is 5.82 Å². The highest BCUT2D eigenvalue weighted by Crippen LogP contribution is 2.22. The van der Waals surface area contributed by atoms with Crippen LogP contribution in [-0.4, -0.2) is 50.2 Å². The van der Waals surface area contributed by atoms with Gasteiger partial charge in [-0.05, 0) is 36.6 Å². The third kappa shape index (κ3) is 4.03. The van der Waals surface area contributed by atoms with Crippen LogP contribution in [0.15, 0.2) is 55.0 Å². The highest BCUT2D eigenvalue weighted by Gasteiger charge is 2.28. The van der Waals surface area contributed by atoms with Crippen LogP contribution in [0.3, 0.4) is 0 Å². The highest BCUT2D eigenvalue weighted by molar-refractivity contribution is 5.90. The zero-order chi connectivity index (χ0) is 18.5. The Hall–Kier alpha value is -3.06. The molecule has 1 fully saturated rings. The summed E-state index contributed by atoms with van der Waals surface area (Å²) in [6.45, 7) is 1.82. The molecule has 27 heavy (non-hydrogen) atoms. The fraction of sp³-hybridized carbons (Fsp3) is 0.300. The number of rotatable bonds is 5. The first kappa shape index (κ1) is 17.4. The predicted molar refractivity (Wildman–Crippen MR) is 99.8 cm³/mol. The van der Waals surface area contributed by atoms with Crippen molar-refractivity contribution in [2.75, 3.05) is 13.2 Å². The zero-order valence-corrected chi connectivity index (χ0v) is 14.9. The summed E-state index contributed by atoms with van der Waals surface area (Å²) >= 11 is 0. The summed E-state index contributed by atoms with van der Waals surface area (Å²) in [7, 11) is 0. The van der Waals surface area contributed by atoms with Gasteiger partial charge in [-0.15, -0.1) is 5.10 Å². The smallest absolute Gasteiger partial charge is 0.294 e. The molecule has 7 nitrogen and oxygen atoms in total. The van der Waals surface area contributed by atoms with Crippen molar-refractivity contribution in [3.63, 3.8) is 0 Å². The number of hydrogen-bond acceptors (Lipinski definition) is 5. The quantitative estimate of drug-likeness (QED) is 0.753. The molecule has 3 heterocycles. The molecule has 1 aromatic carbocycles. The Bertz CT molecular complexity index is 876.